The number of hydrogen-bond donors (Lipinski definition) is 2. The second-order valence-electron chi connectivity index (χ2n) is 7.25. The lowest BCUT2D eigenvalue weighted by Gasteiger charge is -2.40. The third kappa shape index (κ3) is 4.35. The average molecular weight is 419 g/mol. The van der Waals surface area contributed by atoms with Crippen LogP contribution in [0.25, 0.3) is 0 Å². The first kappa shape index (κ1) is 21.4. The number of hydrogen-bond acceptors (Lipinski definition) is 6. The van der Waals surface area contributed by atoms with Gasteiger partial charge in [0.2, 0.25) is 10.0 Å². The lowest BCUT2D eigenvalue weighted by Crippen LogP contribution is -2.52. The van der Waals surface area contributed by atoms with Crippen molar-refractivity contribution in [1.82, 2.24) is 4.31 Å². The summed E-state index contributed by atoms with van der Waals surface area (Å²) in [6.07, 6.45) is -0.678. The van der Waals surface area contributed by atoms with Crippen LogP contribution in [0.2, 0.25) is 0 Å². The van der Waals surface area contributed by atoms with Crippen LogP contribution in [0.15, 0.2) is 53.4 Å². The van der Waals surface area contributed by atoms with Crippen molar-refractivity contribution >= 4 is 16.0 Å². The summed E-state index contributed by atoms with van der Waals surface area (Å²) in [4.78, 5) is 11.7. The second-order valence-corrected chi connectivity index (χ2v) is 9.14. The van der Waals surface area contributed by atoms with Crippen molar-refractivity contribution in [2.45, 2.75) is 36.3 Å². The number of carbonyl (C=O) groups excluding carboxylic acids is 1. The summed E-state index contributed by atoms with van der Waals surface area (Å²) in [7, 11) is -2.55. The van der Waals surface area contributed by atoms with Gasteiger partial charge in [0.05, 0.1) is 30.3 Å². The van der Waals surface area contributed by atoms with Crippen molar-refractivity contribution in [1.29, 1.82) is 0 Å². The number of piperidine rings is 1. The van der Waals surface area contributed by atoms with Gasteiger partial charge >= 0.3 is 5.97 Å². The quantitative estimate of drug-likeness (QED) is 0.715. The largest absolute Gasteiger partial charge is 0.465 e. The highest BCUT2D eigenvalue weighted by atomic mass is 32.2. The monoisotopic (exact) mass is 419 g/mol. The molecule has 156 valence electrons. The molecule has 0 spiro atoms. The van der Waals surface area contributed by atoms with E-state index in [1.807, 2.05) is 6.92 Å². The van der Waals surface area contributed by atoms with Crippen LogP contribution in [0.3, 0.4) is 0 Å². The lowest BCUT2D eigenvalue weighted by molar-refractivity contribution is 0.0405. The Bertz CT molecular complexity index is 956. The topological polar surface area (TPSA) is 104 Å². The van der Waals surface area contributed by atoms with Gasteiger partial charge < -0.3 is 14.9 Å². The van der Waals surface area contributed by atoms with Gasteiger partial charge in [-0.15, -0.1) is 0 Å². The van der Waals surface area contributed by atoms with Crippen molar-refractivity contribution in [3.05, 3.63) is 65.2 Å². The van der Waals surface area contributed by atoms with Crippen LogP contribution >= 0.6 is 0 Å². The predicted molar refractivity (Wildman–Crippen MR) is 107 cm³/mol. The molecule has 0 radical (unpaired) electrons. The average Bonchev–Trinajstić information content (AvgIpc) is 2.73. The molecule has 2 N–H and O–H groups in total. The molecule has 3 atom stereocenters. The van der Waals surface area contributed by atoms with E-state index in [9.17, 15) is 23.4 Å². The SMILES string of the molecule is COC(=O)c1ccc(C2CC(CO)N(S(=O)(=O)c3ccc(C)cc3)CC2O)cc1. The number of β-amino-alcohol motifs (C(OH)–C–C–N with tert-alkyl or cyclic N) is 1. The Labute approximate surface area is 170 Å². The lowest BCUT2D eigenvalue weighted by atomic mass is 9.84. The van der Waals surface area contributed by atoms with E-state index < -0.39 is 28.1 Å². The minimum Gasteiger partial charge on any atom is -0.465 e. The molecule has 3 unspecified atom stereocenters. The molecule has 0 saturated carbocycles. The highest BCUT2D eigenvalue weighted by Crippen LogP contribution is 2.35. The van der Waals surface area contributed by atoms with E-state index in [2.05, 4.69) is 4.74 Å². The van der Waals surface area contributed by atoms with Crippen molar-refractivity contribution in [3.8, 4) is 0 Å². The molecule has 7 nitrogen and oxygen atoms in total. The zero-order chi connectivity index (χ0) is 21.2. The van der Waals surface area contributed by atoms with Crippen LogP contribution in [-0.4, -0.2) is 61.3 Å². The first-order valence-corrected chi connectivity index (χ1v) is 10.8. The summed E-state index contributed by atoms with van der Waals surface area (Å²) in [5.74, 6) is -0.812. The normalized spacial score (nSPS) is 23.0. The highest BCUT2D eigenvalue weighted by molar-refractivity contribution is 7.89. The second kappa shape index (κ2) is 8.62. The molecule has 1 saturated heterocycles. The van der Waals surface area contributed by atoms with E-state index in [0.717, 1.165) is 11.1 Å². The number of aryl methyl sites for hydroxylation is 1. The third-order valence-corrected chi connectivity index (χ3v) is 7.30. The Kier molecular flexibility index (Phi) is 6.38. The fraction of sp³-hybridized carbons (Fsp3) is 0.381. The van der Waals surface area contributed by atoms with Gasteiger partial charge in [-0.2, -0.15) is 4.31 Å². The van der Waals surface area contributed by atoms with Gasteiger partial charge in [0.1, 0.15) is 0 Å². The predicted octanol–water partition coefficient (Wildman–Crippen LogP) is 1.68. The van der Waals surface area contributed by atoms with Gasteiger partial charge in [0.25, 0.3) is 0 Å². The Morgan fingerprint density at radius 1 is 1.14 bits per heavy atom. The molecule has 1 fully saturated rings. The number of esters is 1. The number of rotatable bonds is 5. The van der Waals surface area contributed by atoms with Crippen molar-refractivity contribution in [2.75, 3.05) is 20.3 Å². The molecule has 2 aromatic carbocycles. The van der Waals surface area contributed by atoms with Gasteiger partial charge in [-0.25, -0.2) is 13.2 Å². The number of nitrogens with zero attached hydrogens (tertiary/aromatic N) is 1. The van der Waals surface area contributed by atoms with Crippen LogP contribution in [0, 0.1) is 6.92 Å². The summed E-state index contributed by atoms with van der Waals surface area (Å²) >= 11 is 0. The molecule has 0 aromatic heterocycles. The molecular weight excluding hydrogens is 394 g/mol. The zero-order valence-corrected chi connectivity index (χ0v) is 17.2. The molecule has 1 aliphatic heterocycles. The Morgan fingerprint density at radius 3 is 2.31 bits per heavy atom. The van der Waals surface area contributed by atoms with Crippen LogP contribution in [0.5, 0.6) is 0 Å². The summed E-state index contributed by atoms with van der Waals surface area (Å²) in [5, 5.41) is 20.6. The van der Waals surface area contributed by atoms with Gasteiger partial charge in [-0.05, 0) is 43.2 Å². The van der Waals surface area contributed by atoms with E-state index in [0.29, 0.717) is 5.56 Å². The maximum Gasteiger partial charge on any atom is 0.337 e. The number of aliphatic hydroxyl groups is 2. The standard InChI is InChI=1S/C21H25NO6S/c1-14-3-9-18(10-4-14)29(26,27)22-12-20(24)19(11-17(22)13-23)15-5-7-16(8-6-15)21(25)28-2/h3-10,17,19-20,23-24H,11-13H2,1-2H3. The van der Waals surface area contributed by atoms with E-state index in [1.54, 1.807) is 36.4 Å². The van der Waals surface area contributed by atoms with Crippen LogP contribution < -0.4 is 0 Å². The minimum absolute atomic E-state index is 0.120. The Morgan fingerprint density at radius 2 is 1.76 bits per heavy atom. The van der Waals surface area contributed by atoms with Crippen molar-refractivity contribution in [3.63, 3.8) is 0 Å². The Hall–Kier alpha value is -2.26. The minimum atomic E-state index is -3.85. The molecule has 3 rings (SSSR count). The molecule has 2 aromatic rings. The summed E-state index contributed by atoms with van der Waals surface area (Å²) in [6.45, 7) is 1.40. The molecule has 0 aliphatic carbocycles. The number of carbonyl (C=O) groups is 1. The Balaban J connectivity index is 1.84. The number of benzene rings is 2. The molecule has 8 heteroatoms. The molecule has 1 aliphatic rings. The zero-order valence-electron chi connectivity index (χ0n) is 16.4. The molecular formula is C21H25NO6S. The van der Waals surface area contributed by atoms with Gasteiger partial charge in [-0.3, -0.25) is 0 Å². The number of methoxy groups -OCH3 is 1. The molecule has 0 bridgehead atoms. The summed E-state index contributed by atoms with van der Waals surface area (Å²) in [6, 6.07) is 12.5. The fourth-order valence-electron chi connectivity index (χ4n) is 3.68. The molecule has 0 amide bonds. The van der Waals surface area contributed by atoms with Crippen molar-refractivity contribution in [2.24, 2.45) is 0 Å². The summed E-state index contributed by atoms with van der Waals surface area (Å²) in [5.41, 5.74) is 2.11. The first-order chi connectivity index (χ1) is 13.8. The summed E-state index contributed by atoms with van der Waals surface area (Å²) < 4.78 is 32.0. The molecule has 29 heavy (non-hydrogen) atoms. The number of aliphatic hydroxyl groups excluding tert-OH is 2. The van der Waals surface area contributed by atoms with Crippen LogP contribution in [0.1, 0.15) is 33.8 Å². The van der Waals surface area contributed by atoms with Gasteiger partial charge in [-0.1, -0.05) is 29.8 Å². The van der Waals surface area contributed by atoms with Crippen LogP contribution in [-0.2, 0) is 14.8 Å². The molecule has 1 heterocycles. The van der Waals surface area contributed by atoms with Crippen molar-refractivity contribution < 1.29 is 28.2 Å². The van der Waals surface area contributed by atoms with E-state index >= 15 is 0 Å². The first-order valence-electron chi connectivity index (χ1n) is 9.33. The van der Waals surface area contributed by atoms with E-state index in [1.165, 1.54) is 23.5 Å². The van der Waals surface area contributed by atoms with Crippen LogP contribution in [0.4, 0.5) is 0 Å². The third-order valence-electron chi connectivity index (χ3n) is 5.36. The van der Waals surface area contributed by atoms with Gasteiger partial charge in [0, 0.05) is 18.5 Å². The van der Waals surface area contributed by atoms with E-state index in [-0.39, 0.29) is 30.4 Å². The maximum absolute atomic E-state index is 13.1. The van der Waals surface area contributed by atoms with E-state index in [4.69, 9.17) is 0 Å². The number of ether oxygens (including phenoxy) is 1. The maximum atomic E-state index is 13.1. The smallest absolute Gasteiger partial charge is 0.337 e. The highest BCUT2D eigenvalue weighted by Gasteiger charge is 2.41. The van der Waals surface area contributed by atoms with Gasteiger partial charge in [0.15, 0.2) is 0 Å². The number of sulfonamides is 1. The fourth-order valence-corrected chi connectivity index (χ4v) is 5.32.